The van der Waals surface area contributed by atoms with E-state index in [1.807, 2.05) is 6.07 Å². The van der Waals surface area contributed by atoms with Crippen molar-refractivity contribution in [2.75, 3.05) is 5.32 Å². The third-order valence-electron chi connectivity index (χ3n) is 6.10. The van der Waals surface area contributed by atoms with Crippen LogP contribution in [0.3, 0.4) is 0 Å². The van der Waals surface area contributed by atoms with Gasteiger partial charge in [0.1, 0.15) is 9.87 Å². The van der Waals surface area contributed by atoms with E-state index in [1.54, 1.807) is 0 Å². The number of nitrogens with one attached hydrogen (secondary N) is 2. The van der Waals surface area contributed by atoms with Crippen molar-refractivity contribution >= 4 is 52.3 Å². The fourth-order valence-corrected chi connectivity index (χ4v) is 4.93. The highest BCUT2D eigenvalue weighted by molar-refractivity contribution is 6.53. The van der Waals surface area contributed by atoms with Gasteiger partial charge in [0.2, 0.25) is 5.91 Å². The van der Waals surface area contributed by atoms with Gasteiger partial charge < -0.3 is 10.6 Å². The molecule has 0 spiro atoms. The number of benzene rings is 2. The number of nitrogens with zero attached hydrogens (tertiary/aromatic N) is 1. The summed E-state index contributed by atoms with van der Waals surface area (Å²) in [7, 11) is 0. The van der Waals surface area contributed by atoms with Crippen LogP contribution in [0.15, 0.2) is 36.4 Å². The molecule has 0 bridgehead atoms. The first-order valence-electron chi connectivity index (χ1n) is 10.5. The quantitative estimate of drug-likeness (QED) is 0.304. The second kappa shape index (κ2) is 8.96. The SMILES string of the molecule is N#CC1(NC(=O)c2cc(NC(=O)C3C(c4cc(C(F)(F)F)cc(C(F)(F)F)c4)C3(Cl)Cl)ccc2Cl)CC1. The minimum absolute atomic E-state index is 0.0150. The van der Waals surface area contributed by atoms with Crippen molar-refractivity contribution in [3.05, 3.63) is 63.7 Å². The first kappa shape index (κ1) is 27.4. The molecule has 0 heterocycles. The van der Waals surface area contributed by atoms with Gasteiger partial charge in [-0.25, -0.2) is 0 Å². The van der Waals surface area contributed by atoms with Crippen LogP contribution < -0.4 is 10.6 Å². The Bertz CT molecular complexity index is 1300. The summed E-state index contributed by atoms with van der Waals surface area (Å²) in [4.78, 5) is 25.4. The molecule has 196 valence electrons. The summed E-state index contributed by atoms with van der Waals surface area (Å²) in [5.41, 5.74) is -4.65. The summed E-state index contributed by atoms with van der Waals surface area (Å²) >= 11 is 18.3. The molecule has 0 radical (unpaired) electrons. The van der Waals surface area contributed by atoms with Gasteiger partial charge in [0, 0.05) is 11.6 Å². The Labute approximate surface area is 220 Å². The molecule has 2 N–H and O–H groups in total. The van der Waals surface area contributed by atoms with Crippen molar-refractivity contribution in [2.45, 2.75) is 41.0 Å². The molecule has 2 aromatic carbocycles. The average molecular weight is 585 g/mol. The lowest BCUT2D eigenvalue weighted by Crippen LogP contribution is -2.35. The molecule has 2 amide bonds. The molecule has 2 atom stereocenters. The van der Waals surface area contributed by atoms with E-state index in [-0.39, 0.29) is 22.3 Å². The van der Waals surface area contributed by atoms with Crippen molar-refractivity contribution in [3.63, 3.8) is 0 Å². The Morgan fingerprint density at radius 3 is 2.03 bits per heavy atom. The number of amides is 2. The molecule has 37 heavy (non-hydrogen) atoms. The lowest BCUT2D eigenvalue weighted by Gasteiger charge is -2.14. The van der Waals surface area contributed by atoms with E-state index in [9.17, 15) is 35.9 Å². The van der Waals surface area contributed by atoms with E-state index >= 15 is 0 Å². The van der Waals surface area contributed by atoms with Gasteiger partial charge in [-0.05, 0) is 54.8 Å². The second-order valence-electron chi connectivity index (χ2n) is 8.80. The zero-order chi connectivity index (χ0) is 27.6. The molecule has 0 aliphatic heterocycles. The van der Waals surface area contributed by atoms with Crippen molar-refractivity contribution in [2.24, 2.45) is 5.92 Å². The van der Waals surface area contributed by atoms with E-state index in [0.29, 0.717) is 25.0 Å². The molecule has 2 fully saturated rings. The van der Waals surface area contributed by atoms with Crippen LogP contribution in [0.1, 0.15) is 45.8 Å². The van der Waals surface area contributed by atoms with Crippen LogP contribution in [0.4, 0.5) is 32.0 Å². The largest absolute Gasteiger partial charge is 0.416 e. The van der Waals surface area contributed by atoms with Gasteiger partial charge in [-0.2, -0.15) is 31.6 Å². The van der Waals surface area contributed by atoms with Crippen molar-refractivity contribution in [1.82, 2.24) is 5.32 Å². The first-order valence-corrected chi connectivity index (χ1v) is 11.6. The minimum atomic E-state index is -5.09. The number of alkyl halides is 8. The molecule has 2 saturated carbocycles. The van der Waals surface area contributed by atoms with E-state index in [0.717, 1.165) is 0 Å². The maximum Gasteiger partial charge on any atom is 0.416 e. The fraction of sp³-hybridized carbons (Fsp3) is 0.348. The maximum absolute atomic E-state index is 13.2. The van der Waals surface area contributed by atoms with Crippen LogP contribution in [0, 0.1) is 17.2 Å². The van der Waals surface area contributed by atoms with Crippen LogP contribution in [0.5, 0.6) is 0 Å². The van der Waals surface area contributed by atoms with Gasteiger partial charge in [0.05, 0.1) is 33.7 Å². The Morgan fingerprint density at radius 2 is 1.54 bits per heavy atom. The van der Waals surface area contributed by atoms with E-state index in [2.05, 4.69) is 10.6 Å². The summed E-state index contributed by atoms with van der Waals surface area (Å²) in [6.45, 7) is 0. The van der Waals surface area contributed by atoms with Crippen molar-refractivity contribution < 1.29 is 35.9 Å². The predicted molar refractivity (Wildman–Crippen MR) is 122 cm³/mol. The number of carbonyl (C=O) groups excluding carboxylic acids is 2. The molecule has 2 aliphatic carbocycles. The van der Waals surface area contributed by atoms with Gasteiger partial charge in [0.15, 0.2) is 0 Å². The smallest absolute Gasteiger partial charge is 0.334 e. The number of nitriles is 1. The lowest BCUT2D eigenvalue weighted by molar-refractivity contribution is -0.143. The number of hydrogen-bond donors (Lipinski definition) is 2. The molecule has 5 nitrogen and oxygen atoms in total. The van der Waals surface area contributed by atoms with Crippen molar-refractivity contribution in [3.8, 4) is 6.07 Å². The fourth-order valence-electron chi connectivity index (χ4n) is 3.90. The van der Waals surface area contributed by atoms with Crippen LogP contribution in [-0.2, 0) is 17.1 Å². The monoisotopic (exact) mass is 583 g/mol. The Kier molecular flexibility index (Phi) is 6.63. The molecule has 4 rings (SSSR count). The number of anilines is 1. The third kappa shape index (κ3) is 5.47. The first-order chi connectivity index (χ1) is 17.0. The van der Waals surface area contributed by atoms with Crippen LogP contribution >= 0.6 is 34.8 Å². The normalized spacial score (nSPS) is 21.5. The van der Waals surface area contributed by atoms with E-state index in [4.69, 9.17) is 40.1 Å². The zero-order valence-corrected chi connectivity index (χ0v) is 20.5. The van der Waals surface area contributed by atoms with Gasteiger partial charge in [-0.3, -0.25) is 9.59 Å². The molecular formula is C23H14Cl3F6N3O2. The highest BCUT2D eigenvalue weighted by atomic mass is 35.5. The van der Waals surface area contributed by atoms with Crippen molar-refractivity contribution in [1.29, 1.82) is 5.26 Å². The van der Waals surface area contributed by atoms with E-state index in [1.165, 1.54) is 18.2 Å². The molecule has 14 heteroatoms. The Hall–Kier alpha value is -2.68. The van der Waals surface area contributed by atoms with Gasteiger partial charge >= 0.3 is 12.4 Å². The number of carbonyl (C=O) groups is 2. The summed E-state index contributed by atoms with van der Waals surface area (Å²) < 4.78 is 77.5. The Morgan fingerprint density at radius 1 is 0.973 bits per heavy atom. The molecule has 2 aliphatic rings. The summed E-state index contributed by atoms with van der Waals surface area (Å²) in [6.07, 6.45) is -9.25. The molecular weight excluding hydrogens is 571 g/mol. The highest BCUT2D eigenvalue weighted by Gasteiger charge is 2.68. The van der Waals surface area contributed by atoms with Gasteiger partial charge in [0.25, 0.3) is 5.91 Å². The number of rotatable bonds is 5. The van der Waals surface area contributed by atoms with Crippen LogP contribution in [0.2, 0.25) is 5.02 Å². The Balaban J connectivity index is 1.58. The molecule has 0 aromatic heterocycles. The highest BCUT2D eigenvalue weighted by Crippen LogP contribution is 2.65. The minimum Gasteiger partial charge on any atom is -0.334 e. The summed E-state index contributed by atoms with van der Waals surface area (Å²) in [6, 6.07) is 6.71. The van der Waals surface area contributed by atoms with Crippen LogP contribution in [0.25, 0.3) is 0 Å². The maximum atomic E-state index is 13.2. The standard InChI is InChI=1S/C23H14Cl3F6N3O2/c24-15-2-1-13(8-14(15)18(36)35-20(9-33)3-4-20)34-19(37)17-16(21(17,25)26)10-5-11(22(27,28)29)7-12(6-10)23(30,31)32/h1-2,5-8,16-17H,3-4H2,(H,34,37)(H,35,36). The zero-order valence-electron chi connectivity index (χ0n) is 18.2. The molecule has 2 unspecified atom stereocenters. The average Bonchev–Trinajstić information content (AvgIpc) is 3.68. The third-order valence-corrected chi connectivity index (χ3v) is 7.37. The van der Waals surface area contributed by atoms with Crippen LogP contribution in [-0.4, -0.2) is 21.7 Å². The van der Waals surface area contributed by atoms with Gasteiger partial charge in [-0.1, -0.05) is 11.6 Å². The lowest BCUT2D eigenvalue weighted by atomic mass is 10.0. The summed E-state index contributed by atoms with van der Waals surface area (Å²) in [5.74, 6) is -4.34. The topological polar surface area (TPSA) is 82.0 Å². The summed E-state index contributed by atoms with van der Waals surface area (Å²) in [5, 5.41) is 14.1. The molecule has 2 aromatic rings. The number of hydrogen-bond acceptors (Lipinski definition) is 3. The van der Waals surface area contributed by atoms with Gasteiger partial charge in [-0.15, -0.1) is 23.2 Å². The second-order valence-corrected chi connectivity index (χ2v) is 10.7. The predicted octanol–water partition coefficient (Wildman–Crippen LogP) is 6.69. The number of halogens is 9. The molecule has 0 saturated heterocycles. The van der Waals surface area contributed by atoms with E-state index < -0.39 is 62.6 Å².